The van der Waals surface area contributed by atoms with Gasteiger partial charge >= 0.3 is 0 Å². The number of benzene rings is 2. The Hall–Kier alpha value is -1.77. The number of halogens is 3. The van der Waals surface area contributed by atoms with E-state index >= 15 is 0 Å². The lowest BCUT2D eigenvalue weighted by atomic mass is 9.75. The van der Waals surface area contributed by atoms with Crippen LogP contribution in [-0.2, 0) is 24.9 Å². The van der Waals surface area contributed by atoms with Gasteiger partial charge in [0, 0.05) is 16.0 Å². The standard InChI is InChI=1S/C24H27ClF2O4S2/c1-2-17(16-32(28)29)3-4-18-11-13-24(14-12-18,22-15-20(26)7-10-23(22)27)33(30,31)21-8-5-19(25)6-9-21/h5-10,15-18H,2-4,11-14H2,1H3. The van der Waals surface area contributed by atoms with Gasteiger partial charge in [-0.2, -0.15) is 8.42 Å². The first-order valence-electron chi connectivity index (χ1n) is 11.0. The van der Waals surface area contributed by atoms with Crippen molar-refractivity contribution in [1.82, 2.24) is 0 Å². The molecular formula is C24H27ClF2O4S2. The van der Waals surface area contributed by atoms with Crippen LogP contribution in [0.2, 0.25) is 5.02 Å². The summed E-state index contributed by atoms with van der Waals surface area (Å²) in [5.74, 6) is -1.32. The van der Waals surface area contributed by atoms with Crippen molar-refractivity contribution in [3.05, 3.63) is 64.7 Å². The van der Waals surface area contributed by atoms with Crippen molar-refractivity contribution in [1.29, 1.82) is 0 Å². The van der Waals surface area contributed by atoms with Crippen molar-refractivity contribution < 1.29 is 25.6 Å². The summed E-state index contributed by atoms with van der Waals surface area (Å²) in [7, 11) is -6.28. The first-order valence-corrected chi connectivity index (χ1v) is 14.0. The minimum atomic E-state index is -4.06. The summed E-state index contributed by atoms with van der Waals surface area (Å²) in [6.45, 7) is 1.92. The molecule has 0 heterocycles. The fourth-order valence-corrected chi connectivity index (χ4v) is 7.71. The molecule has 1 atom stereocenters. The SMILES string of the molecule is CCC(C=S(=O)=O)CCC1CCC(c2cc(F)ccc2F)(S(=O)(=O)c2ccc(Cl)cc2)CC1. The molecular weight excluding hydrogens is 490 g/mol. The molecule has 0 amide bonds. The fraction of sp³-hybridized carbons (Fsp3) is 0.458. The molecule has 9 heteroatoms. The average molecular weight is 517 g/mol. The maximum absolute atomic E-state index is 14.9. The molecule has 0 saturated heterocycles. The minimum Gasteiger partial charge on any atom is -0.223 e. The summed E-state index contributed by atoms with van der Waals surface area (Å²) in [6.07, 6.45) is 3.45. The zero-order chi connectivity index (χ0) is 24.2. The summed E-state index contributed by atoms with van der Waals surface area (Å²) in [4.78, 5) is 0.0209. The van der Waals surface area contributed by atoms with Crippen LogP contribution in [0.3, 0.4) is 0 Å². The first kappa shape index (κ1) is 25.8. The normalized spacial score (nSPS) is 22.0. The van der Waals surface area contributed by atoms with Crippen molar-refractivity contribution in [2.24, 2.45) is 11.8 Å². The van der Waals surface area contributed by atoms with E-state index in [0.717, 1.165) is 24.6 Å². The number of hydrogen-bond acceptors (Lipinski definition) is 4. The highest BCUT2D eigenvalue weighted by atomic mass is 35.5. The quantitative estimate of drug-likeness (QED) is 0.406. The van der Waals surface area contributed by atoms with E-state index in [0.29, 0.717) is 30.7 Å². The van der Waals surface area contributed by atoms with E-state index in [4.69, 9.17) is 11.6 Å². The molecule has 180 valence electrons. The molecule has 4 nitrogen and oxygen atoms in total. The van der Waals surface area contributed by atoms with Gasteiger partial charge in [0.2, 0.25) is 10.3 Å². The molecule has 0 spiro atoms. The highest BCUT2D eigenvalue weighted by Crippen LogP contribution is 2.50. The van der Waals surface area contributed by atoms with Crippen molar-refractivity contribution in [2.45, 2.75) is 61.5 Å². The topological polar surface area (TPSA) is 68.3 Å². The molecule has 1 fully saturated rings. The largest absolute Gasteiger partial charge is 0.223 e. The van der Waals surface area contributed by atoms with Crippen molar-refractivity contribution in [3.8, 4) is 0 Å². The summed E-state index contributed by atoms with van der Waals surface area (Å²) in [5.41, 5.74) is -0.141. The van der Waals surface area contributed by atoms with Gasteiger partial charge in [-0.05, 0) is 99.2 Å². The van der Waals surface area contributed by atoms with Crippen LogP contribution in [0.15, 0.2) is 47.4 Å². The van der Waals surface area contributed by atoms with E-state index in [1.807, 2.05) is 6.92 Å². The Morgan fingerprint density at radius 3 is 2.33 bits per heavy atom. The average Bonchev–Trinajstić information content (AvgIpc) is 2.78. The molecule has 0 aromatic heterocycles. The number of hydrogen-bond donors (Lipinski definition) is 0. The highest BCUT2D eigenvalue weighted by molar-refractivity contribution is 7.92. The zero-order valence-electron chi connectivity index (χ0n) is 18.3. The predicted molar refractivity (Wildman–Crippen MR) is 127 cm³/mol. The Bertz CT molecular complexity index is 1210. The second kappa shape index (κ2) is 10.7. The first-order chi connectivity index (χ1) is 15.6. The van der Waals surface area contributed by atoms with Crippen LogP contribution < -0.4 is 0 Å². The third-order valence-corrected chi connectivity index (χ3v) is 10.2. The van der Waals surface area contributed by atoms with Crippen LogP contribution >= 0.6 is 11.6 Å². The molecule has 3 rings (SSSR count). The van der Waals surface area contributed by atoms with Gasteiger partial charge < -0.3 is 0 Å². The molecule has 2 aromatic rings. The van der Waals surface area contributed by atoms with Crippen LogP contribution in [0.25, 0.3) is 0 Å². The lowest BCUT2D eigenvalue weighted by Gasteiger charge is -2.40. The Balaban J connectivity index is 1.93. The second-order valence-corrected chi connectivity index (χ2v) is 12.2. The van der Waals surface area contributed by atoms with Gasteiger partial charge in [-0.3, -0.25) is 0 Å². The maximum Gasteiger partial charge on any atom is 0.210 e. The molecule has 0 radical (unpaired) electrons. The summed E-state index contributed by atoms with van der Waals surface area (Å²) >= 11 is 5.92. The van der Waals surface area contributed by atoms with Crippen LogP contribution in [0, 0.1) is 23.5 Å². The Morgan fingerprint density at radius 1 is 1.12 bits per heavy atom. The van der Waals surface area contributed by atoms with Gasteiger partial charge in [0.25, 0.3) is 0 Å². The van der Waals surface area contributed by atoms with Crippen LogP contribution in [0.1, 0.15) is 57.4 Å². The number of sulfone groups is 1. The molecule has 0 aliphatic heterocycles. The Labute approximate surface area is 200 Å². The molecule has 0 N–H and O–H groups in total. The molecule has 1 aliphatic carbocycles. The van der Waals surface area contributed by atoms with Gasteiger partial charge in [0.1, 0.15) is 16.4 Å². The van der Waals surface area contributed by atoms with Gasteiger partial charge in [-0.25, -0.2) is 17.2 Å². The van der Waals surface area contributed by atoms with Crippen molar-refractivity contribution in [3.63, 3.8) is 0 Å². The summed E-state index contributed by atoms with van der Waals surface area (Å²) < 4.78 is 77.1. The maximum atomic E-state index is 14.9. The fourth-order valence-electron chi connectivity index (χ4n) is 4.78. The van der Waals surface area contributed by atoms with Gasteiger partial charge in [-0.1, -0.05) is 18.5 Å². The van der Waals surface area contributed by atoms with Crippen LogP contribution in [-0.4, -0.2) is 22.2 Å². The van der Waals surface area contributed by atoms with Crippen molar-refractivity contribution >= 4 is 37.1 Å². The smallest absolute Gasteiger partial charge is 0.210 e. The van der Waals surface area contributed by atoms with E-state index in [2.05, 4.69) is 0 Å². The molecule has 0 bridgehead atoms. The molecule has 1 aliphatic rings. The van der Waals surface area contributed by atoms with E-state index in [1.165, 1.54) is 29.6 Å². The summed E-state index contributed by atoms with van der Waals surface area (Å²) in [5, 5.41) is 1.69. The number of rotatable bonds is 8. The highest BCUT2D eigenvalue weighted by Gasteiger charge is 2.49. The van der Waals surface area contributed by atoms with Gasteiger partial charge in [0.05, 0.1) is 4.90 Å². The second-order valence-electron chi connectivity index (χ2n) is 8.66. The summed E-state index contributed by atoms with van der Waals surface area (Å²) in [6, 6.07) is 8.68. The van der Waals surface area contributed by atoms with Crippen LogP contribution in [0.5, 0.6) is 0 Å². The molecule has 2 aromatic carbocycles. The Kier molecular flexibility index (Phi) is 8.35. The third-order valence-electron chi connectivity index (χ3n) is 6.74. The van der Waals surface area contributed by atoms with E-state index in [-0.39, 0.29) is 35.1 Å². The zero-order valence-corrected chi connectivity index (χ0v) is 20.7. The molecule has 1 saturated carbocycles. The van der Waals surface area contributed by atoms with Crippen LogP contribution in [0.4, 0.5) is 8.78 Å². The molecule has 33 heavy (non-hydrogen) atoms. The lowest BCUT2D eigenvalue weighted by Crippen LogP contribution is -2.40. The van der Waals surface area contributed by atoms with E-state index in [1.54, 1.807) is 0 Å². The van der Waals surface area contributed by atoms with E-state index in [9.17, 15) is 25.6 Å². The third kappa shape index (κ3) is 5.66. The molecule has 1 unspecified atom stereocenters. The van der Waals surface area contributed by atoms with Crippen molar-refractivity contribution in [2.75, 3.05) is 0 Å². The van der Waals surface area contributed by atoms with Gasteiger partial charge in [-0.15, -0.1) is 0 Å². The van der Waals surface area contributed by atoms with Gasteiger partial charge in [0.15, 0.2) is 9.84 Å². The Morgan fingerprint density at radius 2 is 1.76 bits per heavy atom. The lowest BCUT2D eigenvalue weighted by molar-refractivity contribution is 0.265. The monoisotopic (exact) mass is 516 g/mol. The van der Waals surface area contributed by atoms with E-state index < -0.39 is 36.5 Å². The minimum absolute atomic E-state index is 0.0209. The predicted octanol–water partition coefficient (Wildman–Crippen LogP) is 5.97.